The Morgan fingerprint density at radius 1 is 1.03 bits per heavy atom. The number of carbonyl (C=O) groups is 1. The molecule has 1 saturated carbocycles. The van der Waals surface area contributed by atoms with E-state index in [-0.39, 0.29) is 18.1 Å². The SMILES string of the molecule is CC(c1ccc(Cl)cc1)C1CCCC(CCS(=O)(=O)c2ccc3c(c2)CC(=O)N3)CCC1. The van der Waals surface area contributed by atoms with Crippen molar-refractivity contribution < 1.29 is 13.2 Å². The lowest BCUT2D eigenvalue weighted by Gasteiger charge is -2.29. The summed E-state index contributed by atoms with van der Waals surface area (Å²) < 4.78 is 25.8. The van der Waals surface area contributed by atoms with E-state index < -0.39 is 9.84 Å². The maximum absolute atomic E-state index is 12.9. The van der Waals surface area contributed by atoms with Crippen molar-refractivity contribution in [3.8, 4) is 0 Å². The molecule has 0 bridgehead atoms. The summed E-state index contributed by atoms with van der Waals surface area (Å²) in [5, 5.41) is 3.54. The summed E-state index contributed by atoms with van der Waals surface area (Å²) in [6.07, 6.45) is 7.87. The first-order valence-corrected chi connectivity index (χ1v) is 13.8. The molecule has 1 N–H and O–H groups in total. The van der Waals surface area contributed by atoms with Gasteiger partial charge >= 0.3 is 0 Å². The van der Waals surface area contributed by atoms with Crippen LogP contribution in [0.25, 0.3) is 0 Å². The van der Waals surface area contributed by atoms with Crippen LogP contribution in [0.2, 0.25) is 5.02 Å². The number of amides is 1. The smallest absolute Gasteiger partial charge is 0.228 e. The van der Waals surface area contributed by atoms with Gasteiger partial charge in [0.1, 0.15) is 0 Å². The van der Waals surface area contributed by atoms with Crippen LogP contribution in [-0.4, -0.2) is 20.1 Å². The number of anilines is 1. The second-order valence-electron chi connectivity index (χ2n) is 9.48. The van der Waals surface area contributed by atoms with Crippen LogP contribution in [0, 0.1) is 11.8 Å². The van der Waals surface area contributed by atoms with E-state index in [2.05, 4.69) is 24.4 Å². The molecule has 0 spiro atoms. The lowest BCUT2D eigenvalue weighted by atomic mass is 9.77. The molecule has 4 rings (SSSR count). The zero-order valence-electron chi connectivity index (χ0n) is 18.6. The topological polar surface area (TPSA) is 63.2 Å². The molecule has 0 aromatic heterocycles. The summed E-state index contributed by atoms with van der Waals surface area (Å²) in [6.45, 7) is 2.32. The summed E-state index contributed by atoms with van der Waals surface area (Å²) in [5.74, 6) is 1.76. The van der Waals surface area contributed by atoms with Crippen LogP contribution in [0.3, 0.4) is 0 Å². The van der Waals surface area contributed by atoms with Crippen LogP contribution in [-0.2, 0) is 21.1 Å². The normalized spacial score (nSPS) is 22.5. The van der Waals surface area contributed by atoms with Crippen LogP contribution in [0.15, 0.2) is 47.4 Å². The van der Waals surface area contributed by atoms with Crippen LogP contribution < -0.4 is 5.32 Å². The Kier molecular flexibility index (Phi) is 7.26. The molecule has 1 amide bonds. The lowest BCUT2D eigenvalue weighted by molar-refractivity contribution is -0.115. The van der Waals surface area contributed by atoms with Crippen LogP contribution in [0.4, 0.5) is 5.69 Å². The molecule has 32 heavy (non-hydrogen) atoms. The Hall–Kier alpha value is -1.85. The third kappa shape index (κ3) is 5.55. The first kappa shape index (κ1) is 23.3. The first-order chi connectivity index (χ1) is 15.3. The van der Waals surface area contributed by atoms with Gasteiger partial charge in [-0.15, -0.1) is 0 Å². The van der Waals surface area contributed by atoms with Crippen molar-refractivity contribution in [2.75, 3.05) is 11.1 Å². The molecule has 1 aliphatic heterocycles. The molecule has 2 aliphatic rings. The Labute approximate surface area is 196 Å². The Morgan fingerprint density at radius 3 is 2.41 bits per heavy atom. The Bertz CT molecular complexity index is 1050. The number of hydrogen-bond acceptors (Lipinski definition) is 3. The van der Waals surface area contributed by atoms with E-state index in [1.54, 1.807) is 18.2 Å². The fourth-order valence-electron chi connectivity index (χ4n) is 5.29. The van der Waals surface area contributed by atoms with Gasteiger partial charge in [0.2, 0.25) is 5.91 Å². The van der Waals surface area contributed by atoms with E-state index in [0.717, 1.165) is 42.0 Å². The van der Waals surface area contributed by atoms with Gasteiger partial charge < -0.3 is 5.32 Å². The molecule has 1 unspecified atom stereocenters. The number of sulfone groups is 1. The van der Waals surface area contributed by atoms with Gasteiger partial charge in [-0.05, 0) is 78.5 Å². The maximum Gasteiger partial charge on any atom is 0.228 e. The Balaban J connectivity index is 1.30. The van der Waals surface area contributed by atoms with Gasteiger partial charge in [0.15, 0.2) is 9.84 Å². The van der Waals surface area contributed by atoms with Gasteiger partial charge in [0, 0.05) is 10.7 Å². The van der Waals surface area contributed by atoms with Crippen molar-refractivity contribution in [2.45, 2.75) is 69.1 Å². The Morgan fingerprint density at radius 2 is 1.72 bits per heavy atom. The second-order valence-corrected chi connectivity index (χ2v) is 12.0. The molecular formula is C26H32ClNO3S. The highest BCUT2D eigenvalue weighted by molar-refractivity contribution is 7.91. The minimum atomic E-state index is -3.33. The fraction of sp³-hybridized carbons (Fsp3) is 0.500. The summed E-state index contributed by atoms with van der Waals surface area (Å²) >= 11 is 6.04. The number of fused-ring (bicyclic) bond motifs is 1. The largest absolute Gasteiger partial charge is 0.326 e. The number of nitrogens with one attached hydrogen (secondary N) is 1. The van der Waals surface area contributed by atoms with Gasteiger partial charge in [-0.3, -0.25) is 4.79 Å². The number of carbonyl (C=O) groups excluding carboxylic acids is 1. The maximum atomic E-state index is 12.9. The summed E-state index contributed by atoms with van der Waals surface area (Å²) in [5.41, 5.74) is 2.87. The van der Waals surface area contributed by atoms with Crippen molar-refractivity contribution in [3.63, 3.8) is 0 Å². The summed E-state index contributed by atoms with van der Waals surface area (Å²) in [4.78, 5) is 11.9. The van der Waals surface area contributed by atoms with Gasteiger partial charge in [0.05, 0.1) is 17.1 Å². The van der Waals surface area contributed by atoms with Crippen molar-refractivity contribution >= 4 is 33.0 Å². The zero-order valence-corrected chi connectivity index (χ0v) is 20.2. The molecule has 1 heterocycles. The van der Waals surface area contributed by atoms with Gasteiger partial charge in [-0.2, -0.15) is 0 Å². The number of benzene rings is 2. The fourth-order valence-corrected chi connectivity index (χ4v) is 6.89. The van der Waals surface area contributed by atoms with Crippen molar-refractivity contribution in [3.05, 3.63) is 58.6 Å². The van der Waals surface area contributed by atoms with Gasteiger partial charge in [-0.25, -0.2) is 8.42 Å². The highest BCUT2D eigenvalue weighted by Crippen LogP contribution is 2.37. The van der Waals surface area contributed by atoms with E-state index in [1.807, 2.05) is 12.1 Å². The van der Waals surface area contributed by atoms with Crippen molar-refractivity contribution in [2.24, 2.45) is 11.8 Å². The van der Waals surface area contributed by atoms with Gasteiger partial charge in [0.25, 0.3) is 0 Å². The monoisotopic (exact) mass is 473 g/mol. The first-order valence-electron chi connectivity index (χ1n) is 11.7. The number of hydrogen-bond donors (Lipinski definition) is 1. The van der Waals surface area contributed by atoms with Gasteiger partial charge in [-0.1, -0.05) is 56.3 Å². The number of rotatable bonds is 6. The molecule has 1 fully saturated rings. The minimum absolute atomic E-state index is 0.0762. The lowest BCUT2D eigenvalue weighted by Crippen LogP contribution is -2.17. The quantitative estimate of drug-likeness (QED) is 0.528. The third-order valence-electron chi connectivity index (χ3n) is 7.33. The predicted octanol–water partition coefficient (Wildman–Crippen LogP) is 6.39. The summed E-state index contributed by atoms with van der Waals surface area (Å²) in [6, 6.07) is 13.2. The molecule has 2 aromatic carbocycles. The average molecular weight is 474 g/mol. The molecule has 1 atom stereocenters. The minimum Gasteiger partial charge on any atom is -0.326 e. The highest BCUT2D eigenvalue weighted by atomic mass is 35.5. The van der Waals surface area contributed by atoms with E-state index in [4.69, 9.17) is 11.6 Å². The van der Waals surface area contributed by atoms with Crippen LogP contribution in [0.5, 0.6) is 0 Å². The molecule has 1 aliphatic carbocycles. The predicted molar refractivity (Wildman–Crippen MR) is 130 cm³/mol. The van der Waals surface area contributed by atoms with E-state index in [1.165, 1.54) is 18.4 Å². The molecule has 6 heteroatoms. The third-order valence-corrected chi connectivity index (χ3v) is 9.33. The molecule has 0 saturated heterocycles. The van der Waals surface area contributed by atoms with Crippen LogP contribution in [0.1, 0.15) is 68.9 Å². The summed E-state index contributed by atoms with van der Waals surface area (Å²) in [7, 11) is -3.33. The number of halogens is 1. The highest BCUT2D eigenvalue weighted by Gasteiger charge is 2.25. The zero-order chi connectivity index (χ0) is 22.7. The van der Waals surface area contributed by atoms with Crippen molar-refractivity contribution in [1.82, 2.24) is 0 Å². The second kappa shape index (κ2) is 9.96. The average Bonchev–Trinajstić information content (AvgIpc) is 3.12. The molecule has 2 aromatic rings. The molecule has 4 nitrogen and oxygen atoms in total. The molecule has 0 radical (unpaired) electrons. The van der Waals surface area contributed by atoms with E-state index in [0.29, 0.717) is 29.1 Å². The van der Waals surface area contributed by atoms with Crippen LogP contribution >= 0.6 is 11.6 Å². The molecular weight excluding hydrogens is 442 g/mol. The molecule has 172 valence electrons. The van der Waals surface area contributed by atoms with E-state index >= 15 is 0 Å². The van der Waals surface area contributed by atoms with Crippen molar-refractivity contribution in [1.29, 1.82) is 0 Å². The van der Waals surface area contributed by atoms with E-state index in [9.17, 15) is 13.2 Å². The standard InChI is InChI=1S/C26H32ClNO3S/c1-18(21-8-10-23(27)11-9-21)20-6-2-4-19(5-3-7-20)14-15-32(30,31)24-12-13-25-22(16-24)17-26(29)28-25/h8-13,16,18-20H,2-7,14-15,17H2,1H3,(H,28,29).